The predicted molar refractivity (Wildman–Crippen MR) is 266 cm³/mol. The Morgan fingerprint density at radius 2 is 0.889 bits per heavy atom. The average Bonchev–Trinajstić information content (AvgIpc) is 3.90. The zero-order valence-electron chi connectivity index (χ0n) is 34.2. The number of para-hydroxylation sites is 1. The third-order valence-corrected chi connectivity index (χ3v) is 13.0. The summed E-state index contributed by atoms with van der Waals surface area (Å²) in [6.07, 6.45) is 0. The second-order valence-electron chi connectivity index (χ2n) is 16.5. The van der Waals surface area contributed by atoms with E-state index < -0.39 is 0 Å². The van der Waals surface area contributed by atoms with Crippen molar-refractivity contribution in [1.82, 2.24) is 4.57 Å². The number of aromatic nitrogens is 1. The first-order valence-electron chi connectivity index (χ1n) is 21.6. The van der Waals surface area contributed by atoms with Gasteiger partial charge in [-0.2, -0.15) is 0 Å². The third-order valence-electron chi connectivity index (χ3n) is 13.0. The molecule has 0 amide bonds. The number of furan rings is 1. The summed E-state index contributed by atoms with van der Waals surface area (Å²) in [5, 5.41) is 12.0. The first-order chi connectivity index (χ1) is 31.2. The van der Waals surface area contributed by atoms with Gasteiger partial charge in [0.2, 0.25) is 0 Å². The van der Waals surface area contributed by atoms with E-state index in [-0.39, 0.29) is 0 Å². The zero-order chi connectivity index (χ0) is 41.4. The number of anilines is 3. The zero-order valence-corrected chi connectivity index (χ0v) is 34.2. The highest BCUT2D eigenvalue weighted by molar-refractivity contribution is 6.19. The molecule has 3 nitrogen and oxygen atoms in total. The molecule has 0 spiro atoms. The standard InChI is InChI=1S/C60H38N2O/c1-2-15-45(16-3-1)62-57-37-44(27-33-53(57)55-34-25-41-12-5-8-18-51(41)59(55)62)39-21-28-46(29-22-39)61(47-30-23-43(24-31-47)50-20-10-14-40-11-4-7-17-49(40)50)48-32-36-54-56-35-26-42-13-6-9-19-52(42)60(56)63-58(54)38-48/h1-38H. The van der Waals surface area contributed by atoms with Crippen LogP contribution in [0.25, 0.3) is 104 Å². The van der Waals surface area contributed by atoms with Gasteiger partial charge in [0.15, 0.2) is 0 Å². The SMILES string of the molecule is c1ccc(-n2c3cc(-c4ccc(N(c5ccc(-c6cccc7ccccc67)cc5)c5ccc6c(c5)oc5c7ccccc7ccc65)cc4)ccc3c3ccc4ccccc4c32)cc1. The Hall–Kier alpha value is -8.40. The minimum atomic E-state index is 0.864. The third kappa shape index (κ3) is 5.67. The lowest BCUT2D eigenvalue weighted by atomic mass is 9.98. The summed E-state index contributed by atoms with van der Waals surface area (Å²) in [6.45, 7) is 0. The van der Waals surface area contributed by atoms with Crippen LogP contribution in [-0.2, 0) is 0 Å². The van der Waals surface area contributed by atoms with Gasteiger partial charge in [0.05, 0.1) is 11.0 Å². The van der Waals surface area contributed by atoms with Crippen molar-refractivity contribution in [3.63, 3.8) is 0 Å². The molecule has 11 aromatic carbocycles. The Bertz CT molecular complexity index is 3890. The summed E-state index contributed by atoms with van der Waals surface area (Å²) >= 11 is 0. The van der Waals surface area contributed by atoms with E-state index in [1.807, 2.05) is 0 Å². The Balaban J connectivity index is 0.946. The number of rotatable bonds is 6. The van der Waals surface area contributed by atoms with Crippen molar-refractivity contribution in [2.24, 2.45) is 0 Å². The maximum absolute atomic E-state index is 6.72. The second kappa shape index (κ2) is 14.1. The molecule has 2 heterocycles. The molecule has 13 aromatic rings. The Morgan fingerprint density at radius 1 is 0.333 bits per heavy atom. The highest BCUT2D eigenvalue weighted by Gasteiger charge is 2.19. The minimum absolute atomic E-state index is 0.864. The van der Waals surface area contributed by atoms with Gasteiger partial charge in [-0.3, -0.25) is 0 Å². The van der Waals surface area contributed by atoms with Crippen molar-refractivity contribution in [3.8, 4) is 27.9 Å². The van der Waals surface area contributed by atoms with Crippen LogP contribution in [0.1, 0.15) is 0 Å². The van der Waals surface area contributed by atoms with Crippen molar-refractivity contribution in [1.29, 1.82) is 0 Å². The highest BCUT2D eigenvalue weighted by Crippen LogP contribution is 2.43. The summed E-state index contributed by atoms with van der Waals surface area (Å²) in [6, 6.07) is 83.4. The number of fused-ring (bicyclic) bond motifs is 11. The maximum atomic E-state index is 6.72. The Kier molecular flexibility index (Phi) is 7.91. The molecule has 0 fully saturated rings. The molecular formula is C60H38N2O. The van der Waals surface area contributed by atoms with E-state index in [4.69, 9.17) is 4.42 Å². The quantitative estimate of drug-likeness (QED) is 0.167. The fourth-order valence-electron chi connectivity index (χ4n) is 9.95. The fourth-order valence-corrected chi connectivity index (χ4v) is 9.95. The summed E-state index contributed by atoms with van der Waals surface area (Å²) in [5.41, 5.74) is 13.2. The smallest absolute Gasteiger partial charge is 0.143 e. The number of nitrogens with zero attached hydrogens (tertiary/aromatic N) is 2. The molecule has 13 rings (SSSR count). The van der Waals surface area contributed by atoms with Gasteiger partial charge in [-0.05, 0) is 104 Å². The number of hydrogen-bond donors (Lipinski definition) is 0. The van der Waals surface area contributed by atoms with E-state index in [1.165, 1.54) is 65.4 Å². The van der Waals surface area contributed by atoms with Gasteiger partial charge in [-0.1, -0.05) is 164 Å². The summed E-state index contributed by atoms with van der Waals surface area (Å²) in [4.78, 5) is 2.34. The predicted octanol–water partition coefficient (Wildman–Crippen LogP) is 16.9. The van der Waals surface area contributed by atoms with Gasteiger partial charge in [0.25, 0.3) is 0 Å². The van der Waals surface area contributed by atoms with Crippen LogP contribution in [0.3, 0.4) is 0 Å². The van der Waals surface area contributed by atoms with Gasteiger partial charge in [-0.25, -0.2) is 0 Å². The van der Waals surface area contributed by atoms with Crippen LogP contribution in [0.4, 0.5) is 17.1 Å². The molecular weight excluding hydrogens is 765 g/mol. The van der Waals surface area contributed by atoms with Gasteiger partial charge >= 0.3 is 0 Å². The largest absolute Gasteiger partial charge is 0.455 e. The van der Waals surface area contributed by atoms with Crippen LogP contribution < -0.4 is 4.90 Å². The van der Waals surface area contributed by atoms with Gasteiger partial charge < -0.3 is 13.9 Å². The van der Waals surface area contributed by atoms with Crippen molar-refractivity contribution in [2.45, 2.75) is 0 Å². The van der Waals surface area contributed by atoms with Crippen LogP contribution in [0.2, 0.25) is 0 Å². The van der Waals surface area contributed by atoms with Gasteiger partial charge in [0, 0.05) is 61.1 Å². The summed E-state index contributed by atoms with van der Waals surface area (Å²) in [5.74, 6) is 0. The van der Waals surface area contributed by atoms with Gasteiger partial charge in [-0.15, -0.1) is 0 Å². The minimum Gasteiger partial charge on any atom is -0.455 e. The molecule has 0 saturated heterocycles. The monoisotopic (exact) mass is 802 g/mol. The molecule has 0 saturated carbocycles. The van der Waals surface area contributed by atoms with Crippen molar-refractivity contribution in [3.05, 3.63) is 231 Å². The van der Waals surface area contributed by atoms with Crippen molar-refractivity contribution in [2.75, 3.05) is 4.90 Å². The molecule has 3 heteroatoms. The summed E-state index contributed by atoms with van der Waals surface area (Å²) in [7, 11) is 0. The molecule has 0 bridgehead atoms. The van der Waals surface area contributed by atoms with Crippen LogP contribution >= 0.6 is 0 Å². The molecule has 0 N–H and O–H groups in total. The maximum Gasteiger partial charge on any atom is 0.143 e. The normalized spacial score (nSPS) is 11.8. The Labute approximate surface area is 363 Å². The number of hydrogen-bond acceptors (Lipinski definition) is 2. The first-order valence-corrected chi connectivity index (χ1v) is 21.6. The first kappa shape index (κ1) is 35.4. The molecule has 63 heavy (non-hydrogen) atoms. The van der Waals surface area contributed by atoms with Crippen LogP contribution in [-0.4, -0.2) is 4.57 Å². The topological polar surface area (TPSA) is 21.3 Å². The van der Waals surface area contributed by atoms with Gasteiger partial charge in [0.1, 0.15) is 11.2 Å². The Morgan fingerprint density at radius 3 is 1.65 bits per heavy atom. The fraction of sp³-hybridized carbons (Fsp3) is 0. The van der Waals surface area contributed by atoms with Crippen molar-refractivity contribution >= 4 is 93.1 Å². The van der Waals surface area contributed by atoms with E-state index in [9.17, 15) is 0 Å². The second-order valence-corrected chi connectivity index (χ2v) is 16.5. The van der Waals surface area contributed by atoms with Crippen molar-refractivity contribution < 1.29 is 4.42 Å². The molecule has 0 unspecified atom stereocenters. The highest BCUT2D eigenvalue weighted by atomic mass is 16.3. The number of benzene rings is 11. The van der Waals surface area contributed by atoms with Crippen LogP contribution in [0.5, 0.6) is 0 Å². The molecule has 0 radical (unpaired) electrons. The molecule has 0 aliphatic heterocycles. The summed E-state index contributed by atoms with van der Waals surface area (Å²) < 4.78 is 9.15. The lowest BCUT2D eigenvalue weighted by molar-refractivity contribution is 0.672. The average molecular weight is 803 g/mol. The molecule has 2 aromatic heterocycles. The molecule has 0 aliphatic carbocycles. The van der Waals surface area contributed by atoms with Crippen LogP contribution in [0.15, 0.2) is 235 Å². The lowest BCUT2D eigenvalue weighted by Gasteiger charge is -2.26. The molecule has 294 valence electrons. The van der Waals surface area contributed by atoms with E-state index in [1.54, 1.807) is 0 Å². The molecule has 0 atom stereocenters. The van der Waals surface area contributed by atoms with Crippen LogP contribution in [0, 0.1) is 0 Å². The van der Waals surface area contributed by atoms with E-state index in [2.05, 4.69) is 240 Å². The van der Waals surface area contributed by atoms with E-state index >= 15 is 0 Å². The van der Waals surface area contributed by atoms with E-state index in [0.717, 1.165) is 55.6 Å². The lowest BCUT2D eigenvalue weighted by Crippen LogP contribution is -2.09. The van der Waals surface area contributed by atoms with E-state index in [0.29, 0.717) is 0 Å². The molecule has 0 aliphatic rings.